The third-order valence-corrected chi connectivity index (χ3v) is 8.10. The van der Waals surface area contributed by atoms with Crippen LogP contribution in [0.1, 0.15) is 37.3 Å². The van der Waals surface area contributed by atoms with E-state index in [4.69, 9.17) is 4.42 Å². The number of pyridine rings is 1. The maximum absolute atomic E-state index is 9.80. The largest absolute Gasteiger partial charge is 0.454 e. The van der Waals surface area contributed by atoms with Crippen molar-refractivity contribution in [2.24, 2.45) is 7.05 Å². The summed E-state index contributed by atoms with van der Waals surface area (Å²) in [5.74, 6) is 0. The minimum atomic E-state index is -0.450. The molecule has 0 aliphatic carbocycles. The van der Waals surface area contributed by atoms with E-state index in [1.165, 1.54) is 24.8 Å². The Kier molecular flexibility index (Phi) is 5.89. The first-order valence-electron chi connectivity index (χ1n) is 10.6. The number of aryl methyl sites for hydroxylation is 2. The van der Waals surface area contributed by atoms with Crippen molar-refractivity contribution in [1.29, 1.82) is 5.26 Å². The van der Waals surface area contributed by atoms with Gasteiger partial charge in [-0.3, -0.25) is 0 Å². The van der Waals surface area contributed by atoms with Gasteiger partial charge in [-0.1, -0.05) is 39.8 Å². The first-order valence-corrected chi connectivity index (χ1v) is 12.6. The van der Waals surface area contributed by atoms with Gasteiger partial charge in [0.05, 0.1) is 17.2 Å². The summed E-state index contributed by atoms with van der Waals surface area (Å²) < 4.78 is 8.76. The molecule has 152 valence electrons. The highest BCUT2D eigenvalue weighted by molar-refractivity contribution is 7.65. The van der Waals surface area contributed by atoms with Gasteiger partial charge in [-0.15, -0.1) is 0 Å². The van der Waals surface area contributed by atoms with E-state index in [2.05, 4.69) is 74.7 Å². The van der Waals surface area contributed by atoms with Crippen molar-refractivity contribution in [3.8, 4) is 17.3 Å². The van der Waals surface area contributed by atoms with E-state index in [0.717, 1.165) is 50.2 Å². The van der Waals surface area contributed by atoms with E-state index >= 15 is 0 Å². The normalized spacial score (nSPS) is 12.4. The fourth-order valence-corrected chi connectivity index (χ4v) is 6.24. The Morgan fingerprint density at radius 1 is 1.03 bits per heavy atom. The van der Waals surface area contributed by atoms with Crippen molar-refractivity contribution in [3.63, 3.8) is 0 Å². The molecule has 4 aromatic rings. The molecule has 0 bridgehead atoms. The number of rotatable bonds is 6. The van der Waals surface area contributed by atoms with E-state index in [0.29, 0.717) is 0 Å². The summed E-state index contributed by atoms with van der Waals surface area (Å²) in [7, 11) is 1.61. The maximum atomic E-state index is 9.80. The summed E-state index contributed by atoms with van der Waals surface area (Å²) in [6, 6.07) is 17.0. The number of furan rings is 1. The van der Waals surface area contributed by atoms with Crippen LogP contribution in [0.2, 0.25) is 0 Å². The molecule has 0 N–H and O–H groups in total. The van der Waals surface area contributed by atoms with Crippen molar-refractivity contribution < 1.29 is 8.98 Å². The van der Waals surface area contributed by atoms with E-state index in [-0.39, 0.29) is 0 Å². The van der Waals surface area contributed by atoms with Crippen LogP contribution >= 0.6 is 7.92 Å². The summed E-state index contributed by atoms with van der Waals surface area (Å²) in [4.78, 5) is 0. The van der Waals surface area contributed by atoms with Gasteiger partial charge in [-0.25, -0.2) is 4.57 Å². The molecule has 4 heteroatoms. The number of hydrogen-bond acceptors (Lipinski definition) is 2. The van der Waals surface area contributed by atoms with Crippen LogP contribution in [0.25, 0.3) is 33.2 Å². The van der Waals surface area contributed by atoms with E-state index in [9.17, 15) is 5.26 Å². The highest BCUT2D eigenvalue weighted by Gasteiger charge is 2.23. The van der Waals surface area contributed by atoms with Crippen LogP contribution in [-0.4, -0.2) is 12.8 Å². The quantitative estimate of drug-likeness (QED) is 0.214. The molecular formula is C26H28N2OP+. The van der Waals surface area contributed by atoms with Gasteiger partial charge in [0.15, 0.2) is 6.20 Å². The lowest BCUT2D eigenvalue weighted by Gasteiger charge is -2.14. The topological polar surface area (TPSA) is 40.8 Å². The molecule has 2 heterocycles. The smallest absolute Gasteiger partial charge is 0.216 e. The second-order valence-corrected chi connectivity index (χ2v) is 10.3. The van der Waals surface area contributed by atoms with Crippen molar-refractivity contribution in [2.45, 2.75) is 33.1 Å². The first kappa shape index (κ1) is 20.6. The van der Waals surface area contributed by atoms with Crippen molar-refractivity contribution in [3.05, 3.63) is 59.8 Å². The zero-order chi connectivity index (χ0) is 21.3. The molecule has 0 aliphatic rings. The highest BCUT2D eigenvalue weighted by Crippen LogP contribution is 2.41. The van der Waals surface area contributed by atoms with Gasteiger partial charge >= 0.3 is 0 Å². The van der Waals surface area contributed by atoms with E-state index < -0.39 is 7.92 Å². The van der Waals surface area contributed by atoms with E-state index in [1.54, 1.807) is 0 Å². The van der Waals surface area contributed by atoms with Gasteiger partial charge in [-0.2, -0.15) is 5.26 Å². The Labute approximate surface area is 179 Å². The zero-order valence-corrected chi connectivity index (χ0v) is 19.1. The van der Waals surface area contributed by atoms with Crippen LogP contribution in [0, 0.1) is 18.3 Å². The van der Waals surface area contributed by atoms with Crippen LogP contribution in [0.3, 0.4) is 0 Å². The summed E-state index contributed by atoms with van der Waals surface area (Å²) in [5, 5.41) is 13.2. The summed E-state index contributed by atoms with van der Waals surface area (Å²) in [5.41, 5.74) is 6.02. The Balaban J connectivity index is 2.00. The Hall–Kier alpha value is -2.69. The molecule has 0 spiro atoms. The Morgan fingerprint density at radius 2 is 1.80 bits per heavy atom. The van der Waals surface area contributed by atoms with Gasteiger partial charge in [0, 0.05) is 28.2 Å². The first-order chi connectivity index (χ1) is 14.6. The molecule has 2 aromatic carbocycles. The van der Waals surface area contributed by atoms with Gasteiger partial charge < -0.3 is 4.42 Å². The molecule has 0 amide bonds. The number of unbranched alkanes of at least 4 members (excludes halogenated alkanes) is 2. The number of aromatic nitrogens is 1. The lowest BCUT2D eigenvalue weighted by molar-refractivity contribution is -0.660. The minimum Gasteiger partial charge on any atom is -0.454 e. The molecule has 1 unspecified atom stereocenters. The van der Waals surface area contributed by atoms with Gasteiger partial charge in [0.25, 0.3) is 0 Å². The third kappa shape index (κ3) is 3.51. The molecule has 0 radical (unpaired) electrons. The lowest BCUT2D eigenvalue weighted by atomic mass is 10.0. The van der Waals surface area contributed by atoms with Crippen LogP contribution in [0.4, 0.5) is 0 Å². The predicted molar refractivity (Wildman–Crippen MR) is 127 cm³/mol. The second-order valence-electron chi connectivity index (χ2n) is 8.01. The molecule has 0 saturated carbocycles. The molecule has 1 atom stereocenters. The Morgan fingerprint density at radius 3 is 2.53 bits per heavy atom. The number of nitriles is 1. The lowest BCUT2D eigenvalue weighted by Crippen LogP contribution is -2.30. The SMILES string of the molecule is CCCCCP(C)c1c(C#N)ccc2c1oc1c(-c3cccc[n+]3C)c(C)ccc12. The molecule has 0 saturated heterocycles. The Bertz CT molecular complexity index is 1270. The van der Waals surface area contributed by atoms with Crippen molar-refractivity contribution >= 4 is 35.2 Å². The molecule has 30 heavy (non-hydrogen) atoms. The van der Waals surface area contributed by atoms with Crippen LogP contribution < -0.4 is 9.87 Å². The van der Waals surface area contributed by atoms with Crippen molar-refractivity contribution in [2.75, 3.05) is 12.8 Å². The van der Waals surface area contributed by atoms with Gasteiger partial charge in [0.2, 0.25) is 5.69 Å². The van der Waals surface area contributed by atoms with Gasteiger partial charge in [-0.05, 0) is 49.9 Å². The fourth-order valence-electron chi connectivity index (χ4n) is 4.27. The number of benzene rings is 2. The van der Waals surface area contributed by atoms with Crippen LogP contribution in [-0.2, 0) is 7.05 Å². The molecule has 4 rings (SSSR count). The average molecular weight is 415 g/mol. The maximum Gasteiger partial charge on any atom is 0.216 e. The molecular weight excluding hydrogens is 387 g/mol. The van der Waals surface area contributed by atoms with Crippen LogP contribution in [0.5, 0.6) is 0 Å². The summed E-state index contributed by atoms with van der Waals surface area (Å²) >= 11 is 0. The molecule has 3 nitrogen and oxygen atoms in total. The minimum absolute atomic E-state index is 0.450. The number of hydrogen-bond donors (Lipinski definition) is 0. The number of fused-ring (bicyclic) bond motifs is 3. The van der Waals surface area contributed by atoms with E-state index in [1.807, 2.05) is 12.1 Å². The molecule has 0 fully saturated rings. The molecule has 0 aliphatic heterocycles. The molecule has 2 aromatic heterocycles. The van der Waals surface area contributed by atoms with Gasteiger partial charge in [0.1, 0.15) is 18.2 Å². The number of nitrogens with zero attached hydrogens (tertiary/aromatic N) is 2. The fraction of sp³-hybridized carbons (Fsp3) is 0.308. The van der Waals surface area contributed by atoms with Crippen molar-refractivity contribution in [1.82, 2.24) is 0 Å². The second kappa shape index (κ2) is 8.58. The highest BCUT2D eigenvalue weighted by atomic mass is 31.1. The summed E-state index contributed by atoms with van der Waals surface area (Å²) in [6.45, 7) is 6.65. The summed E-state index contributed by atoms with van der Waals surface area (Å²) in [6.07, 6.45) is 6.84. The third-order valence-electron chi connectivity index (χ3n) is 5.90. The predicted octanol–water partition coefficient (Wildman–Crippen LogP) is 6.18. The monoisotopic (exact) mass is 415 g/mol. The zero-order valence-electron chi connectivity index (χ0n) is 18.2. The standard InChI is InChI=1S/C26H28N2OP/c1-5-6-9-16-30(4)26-19(17-27)12-14-21-20-13-11-18(2)23(24(20)29-25(21)26)22-10-7-8-15-28(22)3/h7-8,10-15H,5-6,9,16H2,1-4H3/q+1. The van der Waals surface area contributed by atoms with Crippen LogP contribution in [0.15, 0.2) is 53.1 Å². The average Bonchev–Trinajstić information content (AvgIpc) is 3.12.